The third-order valence-corrected chi connectivity index (χ3v) is 4.15. The molecule has 0 bridgehead atoms. The van der Waals surface area contributed by atoms with Gasteiger partial charge in [-0.05, 0) is 39.4 Å². The van der Waals surface area contributed by atoms with Crippen LogP contribution in [0.15, 0.2) is 24.3 Å². The Morgan fingerprint density at radius 1 is 1.37 bits per heavy atom. The highest BCUT2D eigenvalue weighted by Crippen LogP contribution is 2.24. The van der Waals surface area contributed by atoms with Crippen molar-refractivity contribution in [2.24, 2.45) is 5.73 Å². The lowest BCUT2D eigenvalue weighted by Crippen LogP contribution is -2.42. The molecule has 19 heavy (non-hydrogen) atoms. The van der Waals surface area contributed by atoms with Crippen LogP contribution in [0.5, 0.6) is 0 Å². The lowest BCUT2D eigenvalue weighted by atomic mass is 10.0. The first-order chi connectivity index (χ1) is 9.11. The average Bonchev–Trinajstić information content (AvgIpc) is 2.52. The molecule has 1 heterocycles. The van der Waals surface area contributed by atoms with Crippen LogP contribution in [-0.4, -0.2) is 49.1 Å². The molecular formula is C16H27N3. The zero-order chi connectivity index (χ0) is 13.8. The second-order valence-electron chi connectivity index (χ2n) is 5.87. The van der Waals surface area contributed by atoms with Crippen molar-refractivity contribution < 1.29 is 0 Å². The van der Waals surface area contributed by atoms with Crippen molar-refractivity contribution >= 4 is 0 Å². The number of hydrogen-bond donors (Lipinski definition) is 1. The Balaban J connectivity index is 2.20. The molecule has 1 aromatic carbocycles. The Morgan fingerprint density at radius 2 is 2.16 bits per heavy atom. The number of hydrogen-bond acceptors (Lipinski definition) is 3. The fraction of sp³-hybridized carbons (Fsp3) is 0.625. The second-order valence-corrected chi connectivity index (χ2v) is 5.87. The zero-order valence-corrected chi connectivity index (χ0v) is 12.5. The van der Waals surface area contributed by atoms with Crippen molar-refractivity contribution in [1.29, 1.82) is 0 Å². The summed E-state index contributed by atoms with van der Waals surface area (Å²) in [6.07, 6.45) is 1.23. The molecule has 0 aliphatic carbocycles. The number of aryl methyl sites for hydroxylation is 1. The molecule has 2 N–H and O–H groups in total. The maximum absolute atomic E-state index is 6.08. The normalized spacial score (nSPS) is 24.1. The third-order valence-electron chi connectivity index (χ3n) is 4.15. The molecule has 1 aliphatic heterocycles. The molecule has 3 nitrogen and oxygen atoms in total. The van der Waals surface area contributed by atoms with Gasteiger partial charge in [-0.3, -0.25) is 4.90 Å². The van der Waals surface area contributed by atoms with Crippen molar-refractivity contribution in [2.45, 2.75) is 32.4 Å². The Labute approximate surface area is 117 Å². The van der Waals surface area contributed by atoms with Crippen molar-refractivity contribution in [2.75, 3.05) is 33.2 Å². The van der Waals surface area contributed by atoms with Gasteiger partial charge in [0, 0.05) is 31.7 Å². The molecule has 1 aliphatic rings. The average molecular weight is 261 g/mol. The topological polar surface area (TPSA) is 32.5 Å². The monoisotopic (exact) mass is 261 g/mol. The van der Waals surface area contributed by atoms with Gasteiger partial charge in [-0.1, -0.05) is 29.8 Å². The van der Waals surface area contributed by atoms with E-state index in [9.17, 15) is 0 Å². The lowest BCUT2D eigenvalue weighted by molar-refractivity contribution is 0.146. The zero-order valence-electron chi connectivity index (χ0n) is 12.5. The first-order valence-electron chi connectivity index (χ1n) is 7.32. The van der Waals surface area contributed by atoms with E-state index in [2.05, 4.69) is 55.0 Å². The molecule has 0 aromatic heterocycles. The molecule has 106 valence electrons. The van der Waals surface area contributed by atoms with E-state index in [1.807, 2.05) is 0 Å². The predicted octanol–water partition coefficient (Wildman–Crippen LogP) is 2.02. The predicted molar refractivity (Wildman–Crippen MR) is 81.3 cm³/mol. The summed E-state index contributed by atoms with van der Waals surface area (Å²) in [7, 11) is 2.21. The van der Waals surface area contributed by atoms with Gasteiger partial charge in [0.2, 0.25) is 0 Å². The van der Waals surface area contributed by atoms with Gasteiger partial charge in [0.05, 0.1) is 0 Å². The number of benzene rings is 1. The SMILES string of the molecule is Cc1cccc(C(CN)N2CCCN(C)CC2C)c1. The molecule has 3 heteroatoms. The highest BCUT2D eigenvalue weighted by Gasteiger charge is 2.26. The second kappa shape index (κ2) is 6.51. The van der Waals surface area contributed by atoms with Crippen LogP contribution in [0.25, 0.3) is 0 Å². The van der Waals surface area contributed by atoms with Crippen LogP contribution in [0.2, 0.25) is 0 Å². The van der Waals surface area contributed by atoms with E-state index in [-0.39, 0.29) is 0 Å². The molecule has 1 aromatic rings. The summed E-state index contributed by atoms with van der Waals surface area (Å²) in [6, 6.07) is 9.69. The first kappa shape index (κ1) is 14.5. The van der Waals surface area contributed by atoms with Crippen molar-refractivity contribution in [3.63, 3.8) is 0 Å². The van der Waals surface area contributed by atoms with Gasteiger partial charge in [0.25, 0.3) is 0 Å². The number of nitrogens with two attached hydrogens (primary N) is 1. The van der Waals surface area contributed by atoms with Gasteiger partial charge < -0.3 is 10.6 Å². The minimum atomic E-state index is 0.349. The fourth-order valence-corrected chi connectivity index (χ4v) is 3.19. The largest absolute Gasteiger partial charge is 0.329 e. The minimum Gasteiger partial charge on any atom is -0.329 e. The van der Waals surface area contributed by atoms with E-state index < -0.39 is 0 Å². The molecule has 1 saturated heterocycles. The summed E-state index contributed by atoms with van der Waals surface area (Å²) in [4.78, 5) is 5.01. The van der Waals surface area contributed by atoms with Crippen LogP contribution in [-0.2, 0) is 0 Å². The molecule has 0 spiro atoms. The van der Waals surface area contributed by atoms with Gasteiger partial charge in [-0.2, -0.15) is 0 Å². The molecule has 0 amide bonds. The first-order valence-corrected chi connectivity index (χ1v) is 7.32. The summed E-state index contributed by atoms with van der Waals surface area (Å²) in [6.45, 7) is 8.62. The summed E-state index contributed by atoms with van der Waals surface area (Å²) < 4.78 is 0. The fourth-order valence-electron chi connectivity index (χ4n) is 3.19. The van der Waals surface area contributed by atoms with Gasteiger partial charge in [-0.15, -0.1) is 0 Å². The van der Waals surface area contributed by atoms with E-state index in [1.54, 1.807) is 0 Å². The Bertz CT molecular complexity index is 405. The Morgan fingerprint density at radius 3 is 2.84 bits per heavy atom. The molecule has 2 unspecified atom stereocenters. The Kier molecular flexibility index (Phi) is 4.97. The summed E-state index contributed by atoms with van der Waals surface area (Å²) in [5.41, 5.74) is 8.75. The van der Waals surface area contributed by atoms with Gasteiger partial charge in [0.15, 0.2) is 0 Å². The number of rotatable bonds is 3. The van der Waals surface area contributed by atoms with Crippen LogP contribution >= 0.6 is 0 Å². The molecule has 0 radical (unpaired) electrons. The van der Waals surface area contributed by atoms with E-state index in [4.69, 9.17) is 5.73 Å². The molecule has 0 saturated carbocycles. The maximum Gasteiger partial charge on any atom is 0.0473 e. The van der Waals surface area contributed by atoms with Crippen LogP contribution in [0.1, 0.15) is 30.5 Å². The maximum atomic E-state index is 6.08. The van der Waals surface area contributed by atoms with Crippen LogP contribution in [0.3, 0.4) is 0 Å². The van der Waals surface area contributed by atoms with Crippen molar-refractivity contribution in [3.8, 4) is 0 Å². The smallest absolute Gasteiger partial charge is 0.0473 e. The standard InChI is InChI=1S/C16H27N3/c1-13-6-4-7-15(10-13)16(11-17)19-9-5-8-18(3)12-14(19)2/h4,6-7,10,14,16H,5,8-9,11-12,17H2,1-3H3. The lowest BCUT2D eigenvalue weighted by Gasteiger charge is -2.35. The highest BCUT2D eigenvalue weighted by atomic mass is 15.3. The van der Waals surface area contributed by atoms with Gasteiger partial charge in [0.1, 0.15) is 0 Å². The quantitative estimate of drug-likeness (QED) is 0.903. The Hall–Kier alpha value is -0.900. The third kappa shape index (κ3) is 3.56. The number of nitrogens with zero attached hydrogens (tertiary/aromatic N) is 2. The van der Waals surface area contributed by atoms with Gasteiger partial charge in [-0.25, -0.2) is 0 Å². The molecule has 1 fully saturated rings. The van der Waals surface area contributed by atoms with Crippen molar-refractivity contribution in [1.82, 2.24) is 9.80 Å². The van der Waals surface area contributed by atoms with E-state index in [1.165, 1.54) is 24.1 Å². The highest BCUT2D eigenvalue weighted by molar-refractivity contribution is 5.25. The van der Waals surface area contributed by atoms with E-state index in [0.717, 1.165) is 13.1 Å². The van der Waals surface area contributed by atoms with Crippen molar-refractivity contribution in [3.05, 3.63) is 35.4 Å². The van der Waals surface area contributed by atoms with E-state index in [0.29, 0.717) is 18.6 Å². The summed E-state index contributed by atoms with van der Waals surface area (Å²) >= 11 is 0. The molecule has 2 atom stereocenters. The van der Waals surface area contributed by atoms with Gasteiger partial charge >= 0.3 is 0 Å². The summed E-state index contributed by atoms with van der Waals surface area (Å²) in [5, 5.41) is 0. The summed E-state index contributed by atoms with van der Waals surface area (Å²) in [5.74, 6) is 0. The van der Waals surface area contributed by atoms with E-state index >= 15 is 0 Å². The molecular weight excluding hydrogens is 234 g/mol. The van der Waals surface area contributed by atoms with Crippen LogP contribution < -0.4 is 5.73 Å². The van der Waals surface area contributed by atoms with Crippen LogP contribution in [0.4, 0.5) is 0 Å². The number of likely N-dealkylation sites (N-methyl/N-ethyl adjacent to an activating group) is 1. The van der Waals surface area contributed by atoms with Crippen LogP contribution in [0, 0.1) is 6.92 Å². The molecule has 2 rings (SSSR count). The minimum absolute atomic E-state index is 0.349.